The summed E-state index contributed by atoms with van der Waals surface area (Å²) in [6.07, 6.45) is 5.30. The zero-order chi connectivity index (χ0) is 10.4. The summed E-state index contributed by atoms with van der Waals surface area (Å²) in [5, 5.41) is 3.19. The Morgan fingerprint density at radius 2 is 2.29 bits per heavy atom. The molecule has 0 radical (unpaired) electrons. The van der Waals surface area contributed by atoms with Crippen molar-refractivity contribution in [1.29, 1.82) is 0 Å². The van der Waals surface area contributed by atoms with Crippen molar-refractivity contribution in [3.05, 3.63) is 35.9 Å². The first-order valence-electron chi connectivity index (χ1n) is 4.91. The number of anilines is 1. The lowest BCUT2D eigenvalue weighted by Crippen LogP contribution is -2.19. The maximum absolute atomic E-state index is 5.67. The van der Waals surface area contributed by atoms with Crippen molar-refractivity contribution in [2.45, 2.75) is 19.4 Å². The molecule has 1 aromatic carbocycles. The summed E-state index contributed by atoms with van der Waals surface area (Å²) in [4.78, 5) is 0. The molecule has 14 heavy (non-hydrogen) atoms. The molecule has 0 aromatic heterocycles. The minimum absolute atomic E-state index is 0.521. The predicted octanol–water partition coefficient (Wildman–Crippen LogP) is 2.28. The topological polar surface area (TPSA) is 38.0 Å². The van der Waals surface area contributed by atoms with Crippen LogP contribution in [0.4, 0.5) is 5.69 Å². The van der Waals surface area contributed by atoms with Gasteiger partial charge in [-0.05, 0) is 38.1 Å². The molecule has 3 N–H and O–H groups in total. The highest BCUT2D eigenvalue weighted by atomic mass is 14.8. The number of nitrogens with one attached hydrogen (secondary N) is 1. The Morgan fingerprint density at radius 1 is 1.50 bits per heavy atom. The number of rotatable bonds is 4. The molecule has 0 bridgehead atoms. The lowest BCUT2D eigenvalue weighted by Gasteiger charge is -2.04. The van der Waals surface area contributed by atoms with Crippen LogP contribution < -0.4 is 11.1 Å². The second-order valence-corrected chi connectivity index (χ2v) is 3.50. The van der Waals surface area contributed by atoms with Gasteiger partial charge in [-0.15, -0.1) is 0 Å². The highest BCUT2D eigenvalue weighted by molar-refractivity contribution is 5.55. The van der Waals surface area contributed by atoms with E-state index in [0.29, 0.717) is 6.04 Å². The van der Waals surface area contributed by atoms with Crippen LogP contribution >= 0.6 is 0 Å². The molecule has 0 fully saturated rings. The number of nitrogen functional groups attached to an aromatic ring is 1. The first kappa shape index (κ1) is 10.8. The predicted molar refractivity (Wildman–Crippen MR) is 63.0 cm³/mol. The number of hydrogen-bond acceptors (Lipinski definition) is 2. The van der Waals surface area contributed by atoms with E-state index in [9.17, 15) is 0 Å². The van der Waals surface area contributed by atoms with Gasteiger partial charge in [0.25, 0.3) is 0 Å². The van der Waals surface area contributed by atoms with Gasteiger partial charge in [-0.25, -0.2) is 0 Å². The van der Waals surface area contributed by atoms with Crippen LogP contribution in [0, 0.1) is 0 Å². The molecule has 0 heterocycles. The van der Waals surface area contributed by atoms with E-state index in [0.717, 1.165) is 17.7 Å². The Balaban J connectivity index is 2.51. The van der Waals surface area contributed by atoms with Crippen LogP contribution in [0.1, 0.15) is 18.9 Å². The van der Waals surface area contributed by atoms with Gasteiger partial charge in [0.05, 0.1) is 0 Å². The van der Waals surface area contributed by atoms with Crippen molar-refractivity contribution in [2.24, 2.45) is 0 Å². The fourth-order valence-corrected chi connectivity index (χ4v) is 1.19. The summed E-state index contributed by atoms with van der Waals surface area (Å²) >= 11 is 0. The summed E-state index contributed by atoms with van der Waals surface area (Å²) in [5.41, 5.74) is 7.64. The molecule has 0 unspecified atom stereocenters. The minimum atomic E-state index is 0.521. The quantitative estimate of drug-likeness (QED) is 0.715. The Kier molecular flexibility index (Phi) is 4.20. The van der Waals surface area contributed by atoms with Crippen LogP contribution in [0.5, 0.6) is 0 Å². The fourth-order valence-electron chi connectivity index (χ4n) is 1.19. The SMILES string of the molecule is CN[C@H](C)CC=Cc1cccc(N)c1. The van der Waals surface area contributed by atoms with Crippen molar-refractivity contribution >= 4 is 11.8 Å². The molecule has 76 valence electrons. The van der Waals surface area contributed by atoms with Crippen LogP contribution in [-0.2, 0) is 0 Å². The molecule has 1 aromatic rings. The lowest BCUT2D eigenvalue weighted by atomic mass is 10.1. The summed E-state index contributed by atoms with van der Waals surface area (Å²) in [6.45, 7) is 2.16. The van der Waals surface area contributed by atoms with Gasteiger partial charge < -0.3 is 11.1 Å². The number of hydrogen-bond donors (Lipinski definition) is 2. The smallest absolute Gasteiger partial charge is 0.0319 e. The van der Waals surface area contributed by atoms with E-state index in [4.69, 9.17) is 5.73 Å². The fraction of sp³-hybridized carbons (Fsp3) is 0.333. The van der Waals surface area contributed by atoms with Gasteiger partial charge in [0.1, 0.15) is 0 Å². The van der Waals surface area contributed by atoms with Crippen LogP contribution in [0.2, 0.25) is 0 Å². The van der Waals surface area contributed by atoms with Gasteiger partial charge in [0.2, 0.25) is 0 Å². The van der Waals surface area contributed by atoms with Crippen molar-refractivity contribution in [3.63, 3.8) is 0 Å². The maximum Gasteiger partial charge on any atom is 0.0319 e. The van der Waals surface area contributed by atoms with Crippen LogP contribution in [-0.4, -0.2) is 13.1 Å². The molecule has 0 spiro atoms. The average Bonchev–Trinajstić information content (AvgIpc) is 2.17. The Labute approximate surface area is 85.8 Å². The third kappa shape index (κ3) is 3.62. The van der Waals surface area contributed by atoms with E-state index in [1.807, 2.05) is 25.2 Å². The molecular formula is C12H18N2. The Morgan fingerprint density at radius 3 is 2.93 bits per heavy atom. The van der Waals surface area contributed by atoms with Crippen LogP contribution in [0.15, 0.2) is 30.3 Å². The van der Waals surface area contributed by atoms with Crippen molar-refractivity contribution in [2.75, 3.05) is 12.8 Å². The Hall–Kier alpha value is -1.28. The van der Waals surface area contributed by atoms with E-state index >= 15 is 0 Å². The van der Waals surface area contributed by atoms with E-state index in [2.05, 4.69) is 30.5 Å². The second-order valence-electron chi connectivity index (χ2n) is 3.50. The summed E-state index contributed by atoms with van der Waals surface area (Å²) in [7, 11) is 1.97. The van der Waals surface area contributed by atoms with Crippen LogP contribution in [0.25, 0.3) is 6.08 Å². The minimum Gasteiger partial charge on any atom is -0.399 e. The molecule has 2 heteroatoms. The Bertz CT molecular complexity index is 305. The zero-order valence-electron chi connectivity index (χ0n) is 8.83. The first-order chi connectivity index (χ1) is 6.72. The normalized spacial score (nSPS) is 13.3. The monoisotopic (exact) mass is 190 g/mol. The van der Waals surface area contributed by atoms with Gasteiger partial charge in [0, 0.05) is 11.7 Å². The van der Waals surface area contributed by atoms with E-state index in [1.54, 1.807) is 0 Å². The third-order valence-corrected chi connectivity index (χ3v) is 2.20. The molecule has 2 nitrogen and oxygen atoms in total. The molecule has 0 amide bonds. The van der Waals surface area contributed by atoms with E-state index < -0.39 is 0 Å². The molecular weight excluding hydrogens is 172 g/mol. The van der Waals surface area contributed by atoms with E-state index in [1.165, 1.54) is 0 Å². The lowest BCUT2D eigenvalue weighted by molar-refractivity contribution is 0.621. The van der Waals surface area contributed by atoms with Gasteiger partial charge in [-0.1, -0.05) is 24.3 Å². The summed E-state index contributed by atoms with van der Waals surface area (Å²) < 4.78 is 0. The van der Waals surface area contributed by atoms with Gasteiger partial charge in [-0.3, -0.25) is 0 Å². The van der Waals surface area contributed by atoms with Crippen molar-refractivity contribution in [1.82, 2.24) is 5.32 Å². The number of benzene rings is 1. The van der Waals surface area contributed by atoms with Gasteiger partial charge in [-0.2, -0.15) is 0 Å². The highest BCUT2D eigenvalue weighted by Crippen LogP contribution is 2.08. The van der Waals surface area contributed by atoms with Crippen LogP contribution in [0.3, 0.4) is 0 Å². The number of nitrogens with two attached hydrogens (primary N) is 1. The summed E-state index contributed by atoms with van der Waals surface area (Å²) in [5.74, 6) is 0. The van der Waals surface area contributed by atoms with Crippen molar-refractivity contribution in [3.8, 4) is 0 Å². The molecule has 0 aliphatic heterocycles. The third-order valence-electron chi connectivity index (χ3n) is 2.20. The second kappa shape index (κ2) is 5.45. The van der Waals surface area contributed by atoms with E-state index in [-0.39, 0.29) is 0 Å². The van der Waals surface area contributed by atoms with Gasteiger partial charge >= 0.3 is 0 Å². The standard InChI is InChI=1S/C12H18N2/c1-10(14-2)5-3-6-11-7-4-8-12(13)9-11/h3-4,6-10,14H,5,13H2,1-2H3/t10-/m1/s1. The maximum atomic E-state index is 5.67. The molecule has 1 rings (SSSR count). The summed E-state index contributed by atoms with van der Waals surface area (Å²) in [6, 6.07) is 8.41. The average molecular weight is 190 g/mol. The largest absolute Gasteiger partial charge is 0.399 e. The molecule has 0 saturated heterocycles. The molecule has 0 aliphatic carbocycles. The highest BCUT2D eigenvalue weighted by Gasteiger charge is 1.92. The molecule has 1 atom stereocenters. The zero-order valence-corrected chi connectivity index (χ0v) is 8.83. The van der Waals surface area contributed by atoms with Crippen molar-refractivity contribution < 1.29 is 0 Å². The van der Waals surface area contributed by atoms with Gasteiger partial charge in [0.15, 0.2) is 0 Å². The first-order valence-corrected chi connectivity index (χ1v) is 4.91. The molecule has 0 saturated carbocycles. The molecule has 0 aliphatic rings.